The molecule has 0 bridgehead atoms. The number of nitrogens with zero attached hydrogens (tertiary/aromatic N) is 3. The van der Waals surface area contributed by atoms with Crippen molar-refractivity contribution in [3.05, 3.63) is 34.5 Å². The molecule has 7 nitrogen and oxygen atoms in total. The summed E-state index contributed by atoms with van der Waals surface area (Å²) in [7, 11) is 0. The van der Waals surface area contributed by atoms with Gasteiger partial charge in [0, 0.05) is 19.3 Å². The highest BCUT2D eigenvalue weighted by Gasteiger charge is 2.22. The average Bonchev–Trinajstić information content (AvgIpc) is 2.73. The van der Waals surface area contributed by atoms with Crippen LogP contribution in [-0.2, 0) is 0 Å². The van der Waals surface area contributed by atoms with Crippen LogP contribution >= 0.6 is 0 Å². The minimum atomic E-state index is -0.405. The van der Waals surface area contributed by atoms with Crippen LogP contribution in [-0.4, -0.2) is 34.2 Å². The number of aromatic nitrogens is 2. The van der Waals surface area contributed by atoms with Crippen LogP contribution in [0.15, 0.2) is 24.4 Å². The van der Waals surface area contributed by atoms with Gasteiger partial charge in [-0.1, -0.05) is 13.0 Å². The predicted molar refractivity (Wildman–Crippen MR) is 68.9 cm³/mol. The van der Waals surface area contributed by atoms with Gasteiger partial charge in [-0.3, -0.25) is 10.1 Å². The molecule has 2 N–H and O–H groups in total. The lowest BCUT2D eigenvalue weighted by atomic mass is 10.3. The molecule has 2 heterocycles. The van der Waals surface area contributed by atoms with Gasteiger partial charge in [-0.25, -0.2) is 4.52 Å². The average molecular weight is 249 g/mol. The third-order valence-electron chi connectivity index (χ3n) is 2.54. The summed E-state index contributed by atoms with van der Waals surface area (Å²) in [4.78, 5) is 10.7. The molecule has 0 saturated heterocycles. The number of nitro groups is 1. The maximum atomic E-state index is 11.1. The molecule has 2 aromatic heterocycles. The Morgan fingerprint density at radius 3 is 3.00 bits per heavy atom. The Hall–Kier alpha value is -2.15. The van der Waals surface area contributed by atoms with E-state index in [2.05, 4.69) is 15.7 Å². The van der Waals surface area contributed by atoms with Crippen LogP contribution in [0.1, 0.15) is 6.92 Å². The van der Waals surface area contributed by atoms with Gasteiger partial charge in [0.2, 0.25) is 5.82 Å². The van der Waals surface area contributed by atoms with Crippen molar-refractivity contribution < 1.29 is 4.92 Å². The number of hydrogen-bond donors (Lipinski definition) is 2. The number of hydrogen-bond acceptors (Lipinski definition) is 5. The Kier molecular flexibility index (Phi) is 3.73. The Bertz CT molecular complexity index is 551. The van der Waals surface area contributed by atoms with Crippen molar-refractivity contribution in [2.75, 3.05) is 25.0 Å². The highest BCUT2D eigenvalue weighted by Crippen LogP contribution is 2.28. The third kappa shape index (κ3) is 2.40. The van der Waals surface area contributed by atoms with Crippen LogP contribution in [0.5, 0.6) is 0 Å². The molecule has 0 aliphatic heterocycles. The first-order valence-electron chi connectivity index (χ1n) is 5.80. The van der Waals surface area contributed by atoms with E-state index in [4.69, 9.17) is 0 Å². The fraction of sp³-hybridized carbons (Fsp3) is 0.364. The zero-order chi connectivity index (χ0) is 13.0. The van der Waals surface area contributed by atoms with Crippen molar-refractivity contribution in [2.45, 2.75) is 6.92 Å². The van der Waals surface area contributed by atoms with E-state index < -0.39 is 4.92 Å². The van der Waals surface area contributed by atoms with Crippen molar-refractivity contribution in [3.8, 4) is 0 Å². The Morgan fingerprint density at radius 1 is 1.44 bits per heavy atom. The van der Waals surface area contributed by atoms with Crippen molar-refractivity contribution in [1.82, 2.24) is 14.9 Å². The molecule has 2 aromatic rings. The lowest BCUT2D eigenvalue weighted by Gasteiger charge is -2.02. The lowest BCUT2D eigenvalue weighted by Crippen LogP contribution is -2.21. The summed E-state index contributed by atoms with van der Waals surface area (Å²) in [6.45, 7) is 4.21. The predicted octanol–water partition coefficient (Wildman–Crippen LogP) is 1.26. The van der Waals surface area contributed by atoms with Crippen molar-refractivity contribution >= 4 is 17.0 Å². The van der Waals surface area contributed by atoms with Gasteiger partial charge < -0.3 is 10.6 Å². The van der Waals surface area contributed by atoms with Gasteiger partial charge in [-0.05, 0) is 18.7 Å². The monoisotopic (exact) mass is 249 g/mol. The van der Waals surface area contributed by atoms with E-state index in [1.807, 2.05) is 6.92 Å². The topological polar surface area (TPSA) is 84.5 Å². The van der Waals surface area contributed by atoms with E-state index in [9.17, 15) is 10.1 Å². The third-order valence-corrected chi connectivity index (χ3v) is 2.54. The standard InChI is InChI=1S/C11H15N5O2/c1-2-12-6-7-13-11-10(16(17)18)9-5-3-4-8-15(9)14-11/h3-5,8,12H,2,6-7H2,1H3,(H,13,14). The van der Waals surface area contributed by atoms with Gasteiger partial charge in [0.25, 0.3) is 0 Å². The molecule has 0 atom stereocenters. The van der Waals surface area contributed by atoms with Crippen LogP contribution in [0.25, 0.3) is 5.52 Å². The summed E-state index contributed by atoms with van der Waals surface area (Å²) in [6, 6.07) is 5.22. The minimum Gasteiger partial charge on any atom is -0.362 e. The van der Waals surface area contributed by atoms with Gasteiger partial charge >= 0.3 is 5.69 Å². The summed E-state index contributed by atoms with van der Waals surface area (Å²) >= 11 is 0. The molecule has 2 rings (SSSR count). The van der Waals surface area contributed by atoms with E-state index in [1.165, 1.54) is 4.52 Å². The summed E-state index contributed by atoms with van der Waals surface area (Å²) in [6.07, 6.45) is 1.69. The van der Waals surface area contributed by atoms with Gasteiger partial charge in [-0.15, -0.1) is 5.10 Å². The van der Waals surface area contributed by atoms with Crippen LogP contribution < -0.4 is 10.6 Å². The maximum Gasteiger partial charge on any atom is 0.338 e. The summed E-state index contributed by atoms with van der Waals surface area (Å²) in [5, 5.41) is 21.4. The molecule has 0 unspecified atom stereocenters. The van der Waals surface area contributed by atoms with E-state index >= 15 is 0 Å². The van der Waals surface area contributed by atoms with Crippen LogP contribution in [0, 0.1) is 10.1 Å². The van der Waals surface area contributed by atoms with E-state index in [-0.39, 0.29) is 5.69 Å². The van der Waals surface area contributed by atoms with E-state index in [0.29, 0.717) is 17.9 Å². The molecule has 0 saturated carbocycles. The van der Waals surface area contributed by atoms with Gasteiger partial charge in [0.15, 0.2) is 0 Å². The van der Waals surface area contributed by atoms with Gasteiger partial charge in [0.05, 0.1) is 4.92 Å². The molecule has 0 spiro atoms. The number of pyridine rings is 1. The molecule has 0 aliphatic carbocycles. The first kappa shape index (κ1) is 12.3. The smallest absolute Gasteiger partial charge is 0.338 e. The fourth-order valence-electron chi connectivity index (χ4n) is 1.73. The van der Waals surface area contributed by atoms with Gasteiger partial charge in [-0.2, -0.15) is 0 Å². The Morgan fingerprint density at radius 2 is 2.28 bits per heavy atom. The summed E-state index contributed by atoms with van der Waals surface area (Å²) in [5.41, 5.74) is 0.514. The first-order chi connectivity index (χ1) is 8.74. The summed E-state index contributed by atoms with van der Waals surface area (Å²) in [5.74, 6) is 0.309. The lowest BCUT2D eigenvalue weighted by molar-refractivity contribution is -0.382. The zero-order valence-corrected chi connectivity index (χ0v) is 10.1. The molecular weight excluding hydrogens is 234 g/mol. The van der Waals surface area contributed by atoms with E-state index in [0.717, 1.165) is 13.1 Å². The normalized spacial score (nSPS) is 10.7. The molecule has 0 fully saturated rings. The maximum absolute atomic E-state index is 11.1. The fourth-order valence-corrected chi connectivity index (χ4v) is 1.73. The second-order valence-corrected chi connectivity index (χ2v) is 3.77. The van der Waals surface area contributed by atoms with Crippen molar-refractivity contribution in [2.24, 2.45) is 0 Å². The number of anilines is 1. The highest BCUT2D eigenvalue weighted by molar-refractivity contribution is 5.76. The second-order valence-electron chi connectivity index (χ2n) is 3.77. The zero-order valence-electron chi connectivity index (χ0n) is 10.1. The molecule has 0 radical (unpaired) electrons. The van der Waals surface area contributed by atoms with Crippen molar-refractivity contribution in [3.63, 3.8) is 0 Å². The van der Waals surface area contributed by atoms with Gasteiger partial charge in [0.1, 0.15) is 5.52 Å². The molecule has 0 aliphatic rings. The number of likely N-dealkylation sites (N-methyl/N-ethyl adjacent to an activating group) is 1. The van der Waals surface area contributed by atoms with Crippen LogP contribution in [0.2, 0.25) is 0 Å². The largest absolute Gasteiger partial charge is 0.362 e. The summed E-state index contributed by atoms with van der Waals surface area (Å²) < 4.78 is 1.51. The number of fused-ring (bicyclic) bond motifs is 1. The molecular formula is C11H15N5O2. The van der Waals surface area contributed by atoms with E-state index in [1.54, 1.807) is 24.4 Å². The molecule has 18 heavy (non-hydrogen) atoms. The molecule has 96 valence electrons. The molecule has 0 aromatic carbocycles. The number of rotatable bonds is 6. The molecule has 7 heteroatoms. The van der Waals surface area contributed by atoms with Crippen LogP contribution in [0.3, 0.4) is 0 Å². The Labute approximate surface area is 104 Å². The SMILES string of the molecule is CCNCCNc1nn2ccccc2c1[N+](=O)[O-]. The second kappa shape index (κ2) is 5.46. The van der Waals surface area contributed by atoms with Crippen molar-refractivity contribution in [1.29, 1.82) is 0 Å². The Balaban J connectivity index is 2.25. The number of nitrogens with one attached hydrogen (secondary N) is 2. The van der Waals surface area contributed by atoms with Crippen LogP contribution in [0.4, 0.5) is 11.5 Å². The quantitative estimate of drug-likeness (QED) is 0.457. The highest BCUT2D eigenvalue weighted by atomic mass is 16.6. The molecule has 0 amide bonds. The first-order valence-corrected chi connectivity index (χ1v) is 5.80. The minimum absolute atomic E-state index is 0.0205.